The van der Waals surface area contributed by atoms with Crippen LogP contribution in [0.25, 0.3) is 0 Å². The van der Waals surface area contributed by atoms with Gasteiger partial charge in [-0.15, -0.1) is 0 Å². The number of aromatic nitrogens is 3. The predicted molar refractivity (Wildman–Crippen MR) is 77.5 cm³/mol. The van der Waals surface area contributed by atoms with Crippen LogP contribution in [-0.2, 0) is 10.0 Å². The number of nitrogens with zero attached hydrogens (tertiary/aromatic N) is 4. The van der Waals surface area contributed by atoms with Gasteiger partial charge >= 0.3 is 0 Å². The zero-order valence-electron chi connectivity index (χ0n) is 11.7. The molecule has 9 heteroatoms. The molecule has 0 spiro atoms. The lowest BCUT2D eigenvalue weighted by Crippen LogP contribution is -2.50. The summed E-state index contributed by atoms with van der Waals surface area (Å²) in [7, 11) is -3.57. The Labute approximate surface area is 127 Å². The second-order valence-corrected chi connectivity index (χ2v) is 6.73. The lowest BCUT2D eigenvalue weighted by atomic mass is 10.3. The van der Waals surface area contributed by atoms with E-state index >= 15 is 0 Å². The number of sulfonamides is 1. The van der Waals surface area contributed by atoms with E-state index in [4.69, 9.17) is 0 Å². The van der Waals surface area contributed by atoms with Gasteiger partial charge < -0.3 is 9.88 Å². The molecule has 0 radical (unpaired) electrons. The molecule has 0 atom stereocenters. The summed E-state index contributed by atoms with van der Waals surface area (Å²) in [5.74, 6) is -0.181. The molecule has 0 unspecified atom stereocenters. The van der Waals surface area contributed by atoms with Crippen LogP contribution in [0.1, 0.15) is 10.5 Å². The van der Waals surface area contributed by atoms with Crippen LogP contribution < -0.4 is 0 Å². The molecule has 0 aromatic carbocycles. The van der Waals surface area contributed by atoms with Gasteiger partial charge in [-0.2, -0.15) is 4.31 Å². The second-order valence-electron chi connectivity index (χ2n) is 4.83. The average molecular weight is 321 g/mol. The maximum Gasteiger partial charge on any atom is 0.272 e. The molecule has 1 aliphatic rings. The van der Waals surface area contributed by atoms with Crippen LogP contribution in [0.15, 0.2) is 41.9 Å². The summed E-state index contributed by atoms with van der Waals surface area (Å²) in [6, 6.07) is 5.14. The van der Waals surface area contributed by atoms with E-state index in [-0.39, 0.29) is 24.0 Å². The van der Waals surface area contributed by atoms with E-state index < -0.39 is 10.0 Å². The van der Waals surface area contributed by atoms with E-state index in [1.165, 1.54) is 16.8 Å². The van der Waals surface area contributed by atoms with Crippen LogP contribution in [0.5, 0.6) is 0 Å². The van der Waals surface area contributed by atoms with Crippen molar-refractivity contribution in [3.05, 3.63) is 42.6 Å². The SMILES string of the molecule is O=C(c1ccccn1)N1CCN(S(=O)(=O)c2cnc[nH]2)CC1. The first kappa shape index (κ1) is 14.7. The topological polar surface area (TPSA) is 99.3 Å². The van der Waals surface area contributed by atoms with Crippen molar-refractivity contribution in [2.75, 3.05) is 26.2 Å². The fraction of sp³-hybridized carbons (Fsp3) is 0.308. The molecule has 2 aromatic rings. The van der Waals surface area contributed by atoms with E-state index in [9.17, 15) is 13.2 Å². The van der Waals surface area contributed by atoms with E-state index in [1.54, 1.807) is 29.3 Å². The summed E-state index contributed by atoms with van der Waals surface area (Å²) in [6.07, 6.45) is 4.17. The number of hydrogen-bond donors (Lipinski definition) is 1. The van der Waals surface area contributed by atoms with Gasteiger partial charge in [0.15, 0.2) is 5.03 Å². The molecular formula is C13H15N5O3S. The Morgan fingerprint density at radius 2 is 1.95 bits per heavy atom. The van der Waals surface area contributed by atoms with Crippen molar-refractivity contribution < 1.29 is 13.2 Å². The first-order valence-corrected chi connectivity index (χ1v) is 8.22. The summed E-state index contributed by atoms with van der Waals surface area (Å²) < 4.78 is 26.0. The van der Waals surface area contributed by atoms with Crippen LogP contribution in [0.4, 0.5) is 0 Å². The molecule has 0 aliphatic carbocycles. The minimum Gasteiger partial charge on any atom is -0.335 e. The van der Waals surface area contributed by atoms with Gasteiger partial charge in [-0.1, -0.05) is 6.07 Å². The molecular weight excluding hydrogens is 306 g/mol. The Kier molecular flexibility index (Phi) is 3.90. The smallest absolute Gasteiger partial charge is 0.272 e. The molecule has 1 amide bonds. The number of H-pyrrole nitrogens is 1. The minimum atomic E-state index is -3.57. The van der Waals surface area contributed by atoms with E-state index in [2.05, 4.69) is 15.0 Å². The maximum absolute atomic E-state index is 12.3. The highest BCUT2D eigenvalue weighted by atomic mass is 32.2. The van der Waals surface area contributed by atoms with Gasteiger partial charge in [0.25, 0.3) is 15.9 Å². The van der Waals surface area contributed by atoms with Crippen molar-refractivity contribution in [3.8, 4) is 0 Å². The zero-order valence-corrected chi connectivity index (χ0v) is 12.5. The molecule has 116 valence electrons. The second kappa shape index (κ2) is 5.85. The number of aromatic amines is 1. The first-order valence-electron chi connectivity index (χ1n) is 6.78. The van der Waals surface area contributed by atoms with E-state index in [1.807, 2.05) is 0 Å². The van der Waals surface area contributed by atoms with Crippen molar-refractivity contribution in [1.82, 2.24) is 24.2 Å². The molecule has 0 saturated carbocycles. The van der Waals surface area contributed by atoms with E-state index in [0.717, 1.165) is 0 Å². The number of carbonyl (C=O) groups is 1. The Bertz CT molecular complexity index is 737. The number of imidazole rings is 1. The highest BCUT2D eigenvalue weighted by molar-refractivity contribution is 7.89. The summed E-state index contributed by atoms with van der Waals surface area (Å²) in [4.78, 5) is 24.2. The van der Waals surface area contributed by atoms with Crippen LogP contribution in [0.2, 0.25) is 0 Å². The van der Waals surface area contributed by atoms with E-state index in [0.29, 0.717) is 18.8 Å². The third-order valence-corrected chi connectivity index (χ3v) is 5.32. The molecule has 1 N–H and O–H groups in total. The van der Waals surface area contributed by atoms with Crippen molar-refractivity contribution in [2.45, 2.75) is 5.03 Å². The van der Waals surface area contributed by atoms with Gasteiger partial charge in [0.2, 0.25) is 0 Å². The highest BCUT2D eigenvalue weighted by Gasteiger charge is 2.31. The number of nitrogens with one attached hydrogen (secondary N) is 1. The molecule has 2 aromatic heterocycles. The van der Waals surface area contributed by atoms with Gasteiger partial charge in [-0.25, -0.2) is 13.4 Å². The predicted octanol–water partition coefficient (Wildman–Crippen LogP) is -0.0486. The Hall–Kier alpha value is -2.26. The third kappa shape index (κ3) is 2.72. The molecule has 22 heavy (non-hydrogen) atoms. The Morgan fingerprint density at radius 1 is 1.18 bits per heavy atom. The van der Waals surface area contributed by atoms with Crippen LogP contribution >= 0.6 is 0 Å². The first-order chi connectivity index (χ1) is 10.6. The molecule has 3 rings (SSSR count). The molecule has 0 bridgehead atoms. The van der Waals surface area contributed by atoms with Crippen molar-refractivity contribution in [3.63, 3.8) is 0 Å². The fourth-order valence-electron chi connectivity index (χ4n) is 2.31. The standard InChI is InChI=1S/C13H15N5O3S/c19-13(11-3-1-2-4-15-11)17-5-7-18(8-6-17)22(20,21)12-9-14-10-16-12/h1-4,9-10H,5-8H2,(H,14,16). The largest absolute Gasteiger partial charge is 0.335 e. The number of piperazine rings is 1. The number of rotatable bonds is 3. The minimum absolute atomic E-state index is 0.0667. The van der Waals surface area contributed by atoms with Gasteiger partial charge in [0, 0.05) is 32.4 Å². The molecule has 1 aliphatic heterocycles. The summed E-state index contributed by atoms with van der Waals surface area (Å²) >= 11 is 0. The van der Waals surface area contributed by atoms with Gasteiger partial charge in [0.1, 0.15) is 5.69 Å². The Morgan fingerprint density at radius 3 is 2.55 bits per heavy atom. The normalized spacial score (nSPS) is 16.6. The van der Waals surface area contributed by atoms with Crippen LogP contribution in [0.3, 0.4) is 0 Å². The van der Waals surface area contributed by atoms with Gasteiger partial charge in [-0.3, -0.25) is 9.78 Å². The third-order valence-electron chi connectivity index (χ3n) is 3.50. The zero-order chi connectivity index (χ0) is 15.6. The van der Waals surface area contributed by atoms with Gasteiger partial charge in [0.05, 0.1) is 12.5 Å². The fourth-order valence-corrected chi connectivity index (χ4v) is 3.62. The number of hydrogen-bond acceptors (Lipinski definition) is 5. The number of amides is 1. The monoisotopic (exact) mass is 321 g/mol. The number of pyridine rings is 1. The van der Waals surface area contributed by atoms with Gasteiger partial charge in [-0.05, 0) is 12.1 Å². The summed E-state index contributed by atoms with van der Waals surface area (Å²) in [5.41, 5.74) is 0.368. The average Bonchev–Trinajstić information content (AvgIpc) is 3.10. The van der Waals surface area contributed by atoms with Crippen molar-refractivity contribution in [1.29, 1.82) is 0 Å². The maximum atomic E-state index is 12.3. The molecule has 3 heterocycles. The highest BCUT2D eigenvalue weighted by Crippen LogP contribution is 2.15. The van der Waals surface area contributed by atoms with Crippen LogP contribution in [-0.4, -0.2) is 64.7 Å². The van der Waals surface area contributed by atoms with Crippen molar-refractivity contribution >= 4 is 15.9 Å². The summed E-state index contributed by atoms with van der Waals surface area (Å²) in [5, 5.41) is 0.0667. The molecule has 1 fully saturated rings. The molecule has 1 saturated heterocycles. The number of carbonyl (C=O) groups excluding carboxylic acids is 1. The molecule has 8 nitrogen and oxygen atoms in total. The quantitative estimate of drug-likeness (QED) is 0.854. The lowest BCUT2D eigenvalue weighted by Gasteiger charge is -2.33. The van der Waals surface area contributed by atoms with Crippen LogP contribution in [0, 0.1) is 0 Å². The summed E-state index contributed by atoms with van der Waals surface area (Å²) in [6.45, 7) is 1.17. The van der Waals surface area contributed by atoms with Crippen molar-refractivity contribution in [2.24, 2.45) is 0 Å². The Balaban J connectivity index is 1.67. The lowest BCUT2D eigenvalue weighted by molar-refractivity contribution is 0.0692.